The van der Waals surface area contributed by atoms with Crippen LogP contribution < -0.4 is 4.89 Å². The molecule has 1 N–H and O–H groups in total. The summed E-state index contributed by atoms with van der Waals surface area (Å²) in [6.07, 6.45) is 0. The minimum absolute atomic E-state index is 0.200. The monoisotopic (exact) mass is 325 g/mol. The van der Waals surface area contributed by atoms with Gasteiger partial charge in [0.05, 0.1) is 22.4 Å². The number of benzene rings is 1. The molecule has 0 aliphatic carbocycles. The minimum atomic E-state index is -2.81. The molecule has 1 aromatic carbocycles. The Balaban J connectivity index is 2.31. The van der Waals surface area contributed by atoms with E-state index in [9.17, 15) is 23.1 Å². The first-order valence-corrected chi connectivity index (χ1v) is 7.44. The summed E-state index contributed by atoms with van der Waals surface area (Å²) in [7, 11) is 0. The van der Waals surface area contributed by atoms with Crippen molar-refractivity contribution in [3.8, 4) is 0 Å². The van der Waals surface area contributed by atoms with E-state index >= 15 is 0 Å². The molecule has 0 spiro atoms. The average molecular weight is 325 g/mol. The average Bonchev–Trinajstić information content (AvgIpc) is 2.71. The zero-order valence-corrected chi connectivity index (χ0v) is 12.6. The van der Waals surface area contributed by atoms with E-state index in [0.29, 0.717) is 0 Å². The van der Waals surface area contributed by atoms with Crippen molar-refractivity contribution in [2.24, 2.45) is 5.92 Å². The van der Waals surface area contributed by atoms with E-state index in [-0.39, 0.29) is 11.1 Å². The zero-order chi connectivity index (χ0) is 16.4. The first-order chi connectivity index (χ1) is 10.3. The van der Waals surface area contributed by atoms with Gasteiger partial charge in [0.15, 0.2) is 0 Å². The van der Waals surface area contributed by atoms with Crippen LogP contribution in [0.15, 0.2) is 24.3 Å². The Bertz CT molecular complexity index is 625. The van der Waals surface area contributed by atoms with Gasteiger partial charge >= 0.3 is 5.97 Å². The highest BCUT2D eigenvalue weighted by Gasteiger charge is 2.44. The maximum atomic E-state index is 12.4. The molecule has 0 bridgehead atoms. The van der Waals surface area contributed by atoms with Gasteiger partial charge in [-0.15, -0.1) is 0 Å². The quantitative estimate of drug-likeness (QED) is 0.468. The number of nitrogens with zero attached hydrogens (tertiary/aromatic N) is 1. The zero-order valence-electron chi connectivity index (χ0n) is 11.8. The molecule has 22 heavy (non-hydrogen) atoms. The van der Waals surface area contributed by atoms with Gasteiger partial charge in [-0.25, -0.2) is 4.79 Å². The van der Waals surface area contributed by atoms with Gasteiger partial charge in [0.1, 0.15) is 6.04 Å². The first kappa shape index (κ1) is 16.3. The second-order valence-corrected chi connectivity index (χ2v) is 5.59. The fraction of sp³-hybridized carbons (Fsp3) is 0.308. The maximum absolute atomic E-state index is 12.4. The maximum Gasteiger partial charge on any atom is 0.349 e. The van der Waals surface area contributed by atoms with Crippen LogP contribution in [0.2, 0.25) is 0 Å². The molecule has 0 fully saturated rings. The summed E-state index contributed by atoms with van der Waals surface area (Å²) in [6, 6.07) is 4.96. The van der Waals surface area contributed by atoms with Crippen LogP contribution in [0.1, 0.15) is 34.6 Å². The van der Waals surface area contributed by atoms with Gasteiger partial charge in [0.25, 0.3) is 11.8 Å². The Labute approximate surface area is 128 Å². The van der Waals surface area contributed by atoms with E-state index in [2.05, 4.69) is 4.84 Å². The lowest BCUT2D eigenvalue weighted by atomic mass is 10.0. The van der Waals surface area contributed by atoms with Crippen molar-refractivity contribution in [3.05, 3.63) is 35.4 Å². The highest BCUT2D eigenvalue weighted by molar-refractivity contribution is 7.76. The molecule has 8 nitrogen and oxygen atoms in total. The predicted octanol–water partition coefficient (Wildman–Crippen LogP) is 0.149. The third kappa shape index (κ3) is 2.91. The number of fused-ring (bicyclic) bond motifs is 1. The topological polar surface area (TPSA) is 116 Å². The van der Waals surface area contributed by atoms with E-state index in [1.54, 1.807) is 26.0 Å². The number of hydrogen-bond acceptors (Lipinski definition) is 6. The fourth-order valence-corrected chi connectivity index (χ4v) is 2.42. The van der Waals surface area contributed by atoms with E-state index < -0.39 is 41.0 Å². The van der Waals surface area contributed by atoms with Crippen LogP contribution in [-0.2, 0) is 20.9 Å². The van der Waals surface area contributed by atoms with E-state index in [1.165, 1.54) is 17.0 Å². The van der Waals surface area contributed by atoms with Crippen molar-refractivity contribution in [1.29, 1.82) is 0 Å². The Hall–Kier alpha value is -2.10. The van der Waals surface area contributed by atoms with E-state index in [0.717, 1.165) is 4.90 Å². The highest BCUT2D eigenvalue weighted by atomic mass is 32.2. The largest absolute Gasteiger partial charge is 0.758 e. The van der Waals surface area contributed by atoms with Crippen molar-refractivity contribution in [2.45, 2.75) is 19.9 Å². The molecule has 1 heterocycles. The molecule has 0 saturated heterocycles. The Morgan fingerprint density at radius 3 is 2.14 bits per heavy atom. The number of rotatable bonds is 5. The van der Waals surface area contributed by atoms with Gasteiger partial charge in [-0.1, -0.05) is 30.9 Å². The van der Waals surface area contributed by atoms with Gasteiger partial charge in [-0.05, 0) is 18.1 Å². The van der Waals surface area contributed by atoms with Crippen LogP contribution in [0.3, 0.4) is 0 Å². The molecule has 0 radical (unpaired) electrons. The molecule has 1 aliphatic heterocycles. The van der Waals surface area contributed by atoms with Crippen LogP contribution in [0.5, 0.6) is 0 Å². The standard InChI is InChI=1S/C13H14N2O6S/c1-7(2)10(13(18)21-14-22(19)20)15-11(16)8-5-3-4-6-9(8)12(15)17/h3-7,10,14H,1-2H3,(H,19,20)/p-1/t10-/m0/s1. The summed E-state index contributed by atoms with van der Waals surface area (Å²) in [5, 5.41) is 0. The minimum Gasteiger partial charge on any atom is -0.758 e. The van der Waals surface area contributed by atoms with Gasteiger partial charge < -0.3 is 9.39 Å². The van der Waals surface area contributed by atoms with E-state index in [4.69, 9.17) is 0 Å². The highest BCUT2D eigenvalue weighted by Crippen LogP contribution is 2.27. The van der Waals surface area contributed by atoms with Crippen molar-refractivity contribution >= 4 is 29.1 Å². The van der Waals surface area contributed by atoms with Crippen molar-refractivity contribution in [3.63, 3.8) is 0 Å². The number of amides is 2. The number of carbonyl (C=O) groups is 3. The fourth-order valence-electron chi connectivity index (χ4n) is 2.27. The number of hydrogen-bond donors (Lipinski definition) is 1. The van der Waals surface area contributed by atoms with Crippen molar-refractivity contribution < 1.29 is 28.0 Å². The van der Waals surface area contributed by atoms with Gasteiger partial charge in [-0.3, -0.25) is 18.7 Å². The summed E-state index contributed by atoms with van der Waals surface area (Å²) in [6.45, 7) is 3.23. The van der Waals surface area contributed by atoms with Crippen LogP contribution in [0.4, 0.5) is 0 Å². The molecule has 2 atom stereocenters. The van der Waals surface area contributed by atoms with Crippen LogP contribution in [0.25, 0.3) is 0 Å². The molecular formula is C13H13N2O6S-. The molecule has 1 aliphatic rings. The smallest absolute Gasteiger partial charge is 0.349 e. The number of nitrogens with one attached hydrogen (secondary N) is 1. The molecule has 9 heteroatoms. The third-order valence-electron chi connectivity index (χ3n) is 3.19. The number of imide groups is 1. The van der Waals surface area contributed by atoms with Gasteiger partial charge in [0.2, 0.25) is 0 Å². The molecule has 2 rings (SSSR count). The van der Waals surface area contributed by atoms with Crippen LogP contribution >= 0.6 is 0 Å². The molecule has 0 saturated carbocycles. The summed E-state index contributed by atoms with van der Waals surface area (Å²) in [5.41, 5.74) is 0.401. The van der Waals surface area contributed by atoms with Crippen LogP contribution in [0, 0.1) is 5.92 Å². The molecule has 1 unspecified atom stereocenters. The SMILES string of the molecule is CC(C)[C@@H](C(=O)ONS(=O)[O-])N1C(=O)c2ccccc2C1=O. The molecule has 1 aromatic rings. The lowest BCUT2D eigenvalue weighted by molar-refractivity contribution is -0.153. The first-order valence-electron chi connectivity index (χ1n) is 6.37. The lowest BCUT2D eigenvalue weighted by Crippen LogP contribution is -2.49. The van der Waals surface area contributed by atoms with E-state index in [1.807, 2.05) is 0 Å². The summed E-state index contributed by atoms with van der Waals surface area (Å²) < 4.78 is 20.8. The van der Waals surface area contributed by atoms with Gasteiger partial charge in [0, 0.05) is 0 Å². The Morgan fingerprint density at radius 2 is 1.73 bits per heavy atom. The van der Waals surface area contributed by atoms with Crippen molar-refractivity contribution in [2.75, 3.05) is 0 Å². The Kier molecular flexibility index (Phi) is 4.69. The summed E-state index contributed by atoms with van der Waals surface area (Å²) >= 11 is -2.81. The third-order valence-corrected chi connectivity index (χ3v) is 3.41. The number of carbonyl (C=O) groups excluding carboxylic acids is 3. The second kappa shape index (κ2) is 6.34. The lowest BCUT2D eigenvalue weighted by Gasteiger charge is -2.27. The molecule has 0 aromatic heterocycles. The van der Waals surface area contributed by atoms with Crippen molar-refractivity contribution in [1.82, 2.24) is 9.79 Å². The molecule has 118 valence electrons. The molecular weight excluding hydrogens is 312 g/mol. The normalized spacial score (nSPS) is 16.6. The summed E-state index contributed by atoms with van der Waals surface area (Å²) in [4.78, 5) is 43.4. The van der Waals surface area contributed by atoms with Crippen LogP contribution in [-0.4, -0.2) is 37.5 Å². The predicted molar refractivity (Wildman–Crippen MR) is 73.7 cm³/mol. The van der Waals surface area contributed by atoms with Gasteiger partial charge in [-0.2, -0.15) is 0 Å². The molecule has 2 amide bonds. The second-order valence-electron chi connectivity index (χ2n) is 4.95. The Morgan fingerprint density at radius 1 is 1.23 bits per heavy atom. The summed E-state index contributed by atoms with van der Waals surface area (Å²) in [5.74, 6) is -2.72.